The smallest absolute Gasteiger partial charge is 0.236 e. The maximum absolute atomic E-state index is 13.9. The van der Waals surface area contributed by atoms with Crippen molar-refractivity contribution in [2.45, 2.75) is 12.8 Å². The molecule has 3 aromatic rings. The summed E-state index contributed by atoms with van der Waals surface area (Å²) in [5.74, 6) is -1.24. The molecule has 1 aliphatic rings. The van der Waals surface area contributed by atoms with Crippen LogP contribution in [0.25, 0.3) is 0 Å². The average molecular weight is 469 g/mol. The highest BCUT2D eigenvalue weighted by Crippen LogP contribution is 2.41. The van der Waals surface area contributed by atoms with Crippen molar-refractivity contribution in [2.75, 3.05) is 33.7 Å². The van der Waals surface area contributed by atoms with Gasteiger partial charge in [-0.25, -0.2) is 0 Å². The van der Waals surface area contributed by atoms with E-state index in [-0.39, 0.29) is 29.9 Å². The van der Waals surface area contributed by atoms with Gasteiger partial charge in [0, 0.05) is 56.1 Å². The van der Waals surface area contributed by atoms with E-state index < -0.39 is 11.8 Å². The number of ketones is 2. The van der Waals surface area contributed by atoms with E-state index in [9.17, 15) is 14.4 Å². The highest BCUT2D eigenvalue weighted by Gasteiger charge is 2.45. The highest BCUT2D eigenvalue weighted by atomic mass is 16.2. The fourth-order valence-corrected chi connectivity index (χ4v) is 5.07. The molecule has 0 aromatic heterocycles. The van der Waals surface area contributed by atoms with Crippen molar-refractivity contribution in [2.24, 2.45) is 11.8 Å². The Hall–Kier alpha value is -3.57. The number of rotatable bonds is 7. The van der Waals surface area contributed by atoms with Crippen LogP contribution in [0.3, 0.4) is 0 Å². The van der Waals surface area contributed by atoms with E-state index in [0.29, 0.717) is 24.2 Å². The maximum Gasteiger partial charge on any atom is 0.236 e. The largest absolute Gasteiger partial charge is 0.348 e. The minimum absolute atomic E-state index is 0.00460. The van der Waals surface area contributed by atoms with Gasteiger partial charge in [-0.15, -0.1) is 0 Å². The summed E-state index contributed by atoms with van der Waals surface area (Å²) in [6.45, 7) is 3.04. The summed E-state index contributed by atoms with van der Waals surface area (Å²) in [5.41, 5.74) is 3.33. The lowest BCUT2D eigenvalue weighted by Gasteiger charge is -2.43. The highest BCUT2D eigenvalue weighted by molar-refractivity contribution is 6.02. The van der Waals surface area contributed by atoms with Crippen molar-refractivity contribution in [3.05, 3.63) is 107 Å². The van der Waals surface area contributed by atoms with Gasteiger partial charge in [0.2, 0.25) is 5.91 Å². The summed E-state index contributed by atoms with van der Waals surface area (Å²) >= 11 is 0. The van der Waals surface area contributed by atoms with E-state index >= 15 is 0 Å². The molecule has 5 heteroatoms. The number of hydrogen-bond donors (Lipinski definition) is 0. The summed E-state index contributed by atoms with van der Waals surface area (Å²) in [6.07, 6.45) is 0. The molecule has 5 nitrogen and oxygen atoms in total. The summed E-state index contributed by atoms with van der Waals surface area (Å²) in [4.78, 5) is 44.0. The first-order valence-corrected chi connectivity index (χ1v) is 12.0. The number of benzene rings is 3. The Labute approximate surface area is 207 Å². The van der Waals surface area contributed by atoms with Gasteiger partial charge in [0.1, 0.15) is 0 Å². The molecule has 1 aliphatic heterocycles. The third kappa shape index (κ3) is 5.57. The molecule has 1 fully saturated rings. The van der Waals surface area contributed by atoms with Crippen LogP contribution in [0.15, 0.2) is 84.9 Å². The molecule has 1 amide bonds. The molecule has 0 aliphatic carbocycles. The monoisotopic (exact) mass is 468 g/mol. The number of carbonyl (C=O) groups is 3. The fourth-order valence-electron chi connectivity index (χ4n) is 5.07. The molecule has 0 spiro atoms. The van der Waals surface area contributed by atoms with Crippen LogP contribution in [0.2, 0.25) is 0 Å². The molecular weight excluding hydrogens is 436 g/mol. The maximum atomic E-state index is 13.9. The first-order chi connectivity index (χ1) is 16.8. The number of hydrogen-bond acceptors (Lipinski definition) is 4. The predicted molar refractivity (Wildman–Crippen MR) is 138 cm³/mol. The number of carbonyl (C=O) groups excluding carboxylic acids is 3. The van der Waals surface area contributed by atoms with E-state index in [1.54, 1.807) is 19.0 Å². The van der Waals surface area contributed by atoms with E-state index in [4.69, 9.17) is 0 Å². The lowest BCUT2D eigenvalue weighted by Crippen LogP contribution is -2.52. The first kappa shape index (κ1) is 24.6. The van der Waals surface area contributed by atoms with E-state index in [2.05, 4.69) is 6.07 Å². The Morgan fingerprint density at radius 3 is 1.74 bits per heavy atom. The third-order valence-electron chi connectivity index (χ3n) is 6.85. The molecule has 4 rings (SSSR count). The van der Waals surface area contributed by atoms with Gasteiger partial charge in [-0.05, 0) is 12.5 Å². The Morgan fingerprint density at radius 2 is 1.29 bits per heavy atom. The van der Waals surface area contributed by atoms with Crippen molar-refractivity contribution >= 4 is 17.5 Å². The van der Waals surface area contributed by atoms with E-state index in [1.165, 1.54) is 0 Å². The van der Waals surface area contributed by atoms with Crippen molar-refractivity contribution in [3.8, 4) is 0 Å². The number of amides is 1. The minimum Gasteiger partial charge on any atom is -0.348 e. The normalized spacial score (nSPS) is 20.3. The van der Waals surface area contributed by atoms with Crippen molar-refractivity contribution < 1.29 is 14.4 Å². The van der Waals surface area contributed by atoms with Gasteiger partial charge < -0.3 is 4.90 Å². The van der Waals surface area contributed by atoms with Crippen LogP contribution in [0.1, 0.15) is 37.8 Å². The second-order valence-corrected chi connectivity index (χ2v) is 9.60. The molecular formula is C30H32N2O3. The zero-order chi connectivity index (χ0) is 24.9. The summed E-state index contributed by atoms with van der Waals surface area (Å²) in [7, 11) is 3.45. The van der Waals surface area contributed by atoms with E-state index in [0.717, 1.165) is 11.1 Å². The van der Waals surface area contributed by atoms with Gasteiger partial charge in [0.15, 0.2) is 11.6 Å². The average Bonchev–Trinajstić information content (AvgIpc) is 2.88. The van der Waals surface area contributed by atoms with Gasteiger partial charge in [-0.2, -0.15) is 0 Å². The molecule has 0 N–H and O–H groups in total. The van der Waals surface area contributed by atoms with Gasteiger partial charge in [-0.1, -0.05) is 90.5 Å². The molecule has 1 saturated heterocycles. The number of piperidine rings is 1. The molecule has 3 aromatic carbocycles. The van der Waals surface area contributed by atoms with Gasteiger partial charge in [0.25, 0.3) is 0 Å². The standard InChI is InChI=1S/C30H32N2O3/c1-21-11-10-16-24(17-21)28-25(29(34)22-12-6-4-7-13-22)18-32(20-27(33)31(2)3)19-26(28)30(35)23-14-8-5-9-15-23/h4-17,25-26,28H,18-20H2,1-3H3. The molecule has 2 atom stereocenters. The quantitative estimate of drug-likeness (QED) is 0.480. The second kappa shape index (κ2) is 10.8. The van der Waals surface area contributed by atoms with E-state index in [1.807, 2.05) is 90.7 Å². The zero-order valence-electron chi connectivity index (χ0n) is 20.6. The summed E-state index contributed by atoms with van der Waals surface area (Å²) in [5, 5.41) is 0. The number of nitrogens with zero attached hydrogens (tertiary/aromatic N) is 2. The Morgan fingerprint density at radius 1 is 0.771 bits per heavy atom. The molecule has 1 heterocycles. The number of Topliss-reactive ketones (excluding diaryl/α,β-unsaturated/α-hetero) is 2. The van der Waals surface area contributed by atoms with Crippen LogP contribution in [0.4, 0.5) is 0 Å². The molecule has 0 bridgehead atoms. The number of aryl methyl sites for hydroxylation is 1. The van der Waals surface area contributed by atoms with Crippen molar-refractivity contribution in [1.82, 2.24) is 9.80 Å². The lowest BCUT2D eigenvalue weighted by molar-refractivity contribution is -0.130. The molecule has 2 unspecified atom stereocenters. The van der Waals surface area contributed by atoms with Crippen LogP contribution in [0.5, 0.6) is 0 Å². The van der Waals surface area contributed by atoms with Crippen LogP contribution in [0, 0.1) is 18.8 Å². The zero-order valence-corrected chi connectivity index (χ0v) is 20.6. The van der Waals surface area contributed by atoms with Crippen LogP contribution in [-0.4, -0.2) is 61.0 Å². The lowest BCUT2D eigenvalue weighted by atomic mass is 9.68. The predicted octanol–water partition coefficient (Wildman–Crippen LogP) is 4.48. The first-order valence-electron chi connectivity index (χ1n) is 12.0. The second-order valence-electron chi connectivity index (χ2n) is 9.60. The Balaban J connectivity index is 1.81. The Kier molecular flexibility index (Phi) is 7.57. The SMILES string of the molecule is Cc1cccc(C2C(C(=O)c3ccccc3)CN(CC(=O)N(C)C)CC2C(=O)c2ccccc2)c1. The summed E-state index contributed by atoms with van der Waals surface area (Å²) < 4.78 is 0. The minimum atomic E-state index is -0.458. The van der Waals surface area contributed by atoms with Crippen molar-refractivity contribution in [1.29, 1.82) is 0 Å². The topological polar surface area (TPSA) is 57.7 Å². The van der Waals surface area contributed by atoms with Gasteiger partial charge in [-0.3, -0.25) is 19.3 Å². The van der Waals surface area contributed by atoms with Crippen LogP contribution in [-0.2, 0) is 4.79 Å². The Bertz CT molecular complexity index is 1130. The summed E-state index contributed by atoms with van der Waals surface area (Å²) in [6, 6.07) is 26.6. The number of likely N-dealkylation sites (tertiary alicyclic amines) is 1. The molecule has 180 valence electrons. The van der Waals surface area contributed by atoms with Gasteiger partial charge in [0.05, 0.1) is 6.54 Å². The van der Waals surface area contributed by atoms with Crippen molar-refractivity contribution in [3.63, 3.8) is 0 Å². The van der Waals surface area contributed by atoms with Gasteiger partial charge >= 0.3 is 0 Å². The molecule has 0 radical (unpaired) electrons. The van der Waals surface area contributed by atoms with Crippen LogP contribution < -0.4 is 0 Å². The third-order valence-corrected chi connectivity index (χ3v) is 6.85. The molecule has 0 saturated carbocycles. The fraction of sp³-hybridized carbons (Fsp3) is 0.300. The number of likely N-dealkylation sites (N-methyl/N-ethyl adjacent to an activating group) is 1. The molecule has 35 heavy (non-hydrogen) atoms. The van der Waals surface area contributed by atoms with Crippen LogP contribution >= 0.6 is 0 Å².